The van der Waals surface area contributed by atoms with E-state index in [-0.39, 0.29) is 36.5 Å². The van der Waals surface area contributed by atoms with Gasteiger partial charge in [0.05, 0.1) is 14.2 Å². The number of nitrogens with one attached hydrogen (secondary N) is 2. The van der Waals surface area contributed by atoms with Crippen LogP contribution in [0.1, 0.15) is 15.9 Å². The summed E-state index contributed by atoms with van der Waals surface area (Å²) >= 11 is 0. The number of carbonyl (C=O) groups excluding carboxylic acids is 2. The van der Waals surface area contributed by atoms with Crippen LogP contribution in [0.3, 0.4) is 0 Å². The van der Waals surface area contributed by atoms with E-state index in [1.165, 1.54) is 45.5 Å². The highest BCUT2D eigenvalue weighted by atomic mass is 19.3. The molecule has 2 N–H and O–H groups in total. The number of alkyl halides is 2. The lowest BCUT2D eigenvalue weighted by Crippen LogP contribution is -2.26. The van der Waals surface area contributed by atoms with Gasteiger partial charge in [0.2, 0.25) is 0 Å². The first-order valence-corrected chi connectivity index (χ1v) is 9.29. The number of likely N-dealkylation sites (N-methyl/N-ethyl adjacent to an activating group) is 1. The molecule has 0 radical (unpaired) electrons. The number of amides is 2. The van der Waals surface area contributed by atoms with E-state index >= 15 is 0 Å². The maximum Gasteiger partial charge on any atom is 0.387 e. The van der Waals surface area contributed by atoms with Crippen molar-refractivity contribution in [2.45, 2.75) is 13.0 Å². The van der Waals surface area contributed by atoms with E-state index < -0.39 is 6.61 Å². The highest BCUT2D eigenvalue weighted by molar-refractivity contribution is 5.94. The number of halogens is 2. The van der Waals surface area contributed by atoms with Crippen molar-refractivity contribution in [3.8, 4) is 23.0 Å². The SMILES string of the molecule is CNC(=O)COc1ccc(C(=O)NCCc2ccc(OC)c(OC(F)F)c2)cc1OC. The van der Waals surface area contributed by atoms with Gasteiger partial charge in [0.25, 0.3) is 11.8 Å². The van der Waals surface area contributed by atoms with Gasteiger partial charge >= 0.3 is 6.61 Å². The fraction of sp³-hybridized carbons (Fsp3) is 0.333. The molecule has 2 rings (SSSR count). The van der Waals surface area contributed by atoms with Gasteiger partial charge in [0.15, 0.2) is 29.6 Å². The average molecular weight is 438 g/mol. The second-order valence-electron chi connectivity index (χ2n) is 6.20. The molecular formula is C21H24F2N2O6. The Hall–Kier alpha value is -3.56. The predicted octanol–water partition coefficient (Wildman–Crippen LogP) is 2.40. The van der Waals surface area contributed by atoms with Gasteiger partial charge in [-0.05, 0) is 42.3 Å². The van der Waals surface area contributed by atoms with E-state index in [0.29, 0.717) is 29.0 Å². The molecule has 0 spiro atoms. The number of methoxy groups -OCH3 is 2. The van der Waals surface area contributed by atoms with Crippen LogP contribution in [0.25, 0.3) is 0 Å². The summed E-state index contributed by atoms with van der Waals surface area (Å²) in [6, 6.07) is 9.24. The Balaban J connectivity index is 1.97. The number of hydrogen-bond donors (Lipinski definition) is 2. The van der Waals surface area contributed by atoms with E-state index in [1.54, 1.807) is 12.1 Å². The molecule has 0 aliphatic carbocycles. The lowest BCUT2D eigenvalue weighted by molar-refractivity contribution is -0.122. The van der Waals surface area contributed by atoms with E-state index in [9.17, 15) is 18.4 Å². The Morgan fingerprint density at radius 3 is 2.32 bits per heavy atom. The first-order chi connectivity index (χ1) is 14.9. The molecule has 10 heteroatoms. The van der Waals surface area contributed by atoms with E-state index in [0.717, 1.165) is 0 Å². The van der Waals surface area contributed by atoms with Crippen molar-refractivity contribution >= 4 is 11.8 Å². The van der Waals surface area contributed by atoms with E-state index in [4.69, 9.17) is 14.2 Å². The minimum absolute atomic E-state index is 0.0709. The second kappa shape index (κ2) is 11.6. The van der Waals surface area contributed by atoms with Crippen LogP contribution in [0.4, 0.5) is 8.78 Å². The van der Waals surface area contributed by atoms with Crippen LogP contribution in [0, 0.1) is 0 Å². The largest absolute Gasteiger partial charge is 0.493 e. The zero-order valence-corrected chi connectivity index (χ0v) is 17.4. The fourth-order valence-corrected chi connectivity index (χ4v) is 2.63. The predicted molar refractivity (Wildman–Crippen MR) is 108 cm³/mol. The molecule has 0 aliphatic heterocycles. The smallest absolute Gasteiger partial charge is 0.387 e. The van der Waals surface area contributed by atoms with Gasteiger partial charge < -0.3 is 29.6 Å². The summed E-state index contributed by atoms with van der Waals surface area (Å²) in [4.78, 5) is 23.7. The van der Waals surface area contributed by atoms with Crippen molar-refractivity contribution in [1.29, 1.82) is 0 Å². The maximum atomic E-state index is 12.5. The lowest BCUT2D eigenvalue weighted by Gasteiger charge is -2.13. The van der Waals surface area contributed by atoms with Gasteiger partial charge in [-0.15, -0.1) is 0 Å². The average Bonchev–Trinajstić information content (AvgIpc) is 2.76. The maximum absolute atomic E-state index is 12.5. The van der Waals surface area contributed by atoms with Crippen LogP contribution >= 0.6 is 0 Å². The third-order valence-corrected chi connectivity index (χ3v) is 4.21. The van der Waals surface area contributed by atoms with E-state index in [2.05, 4.69) is 15.4 Å². The van der Waals surface area contributed by atoms with Gasteiger partial charge in [-0.3, -0.25) is 9.59 Å². The highest BCUT2D eigenvalue weighted by Crippen LogP contribution is 2.30. The molecular weight excluding hydrogens is 414 g/mol. The Labute approximate surface area is 178 Å². The van der Waals surface area contributed by atoms with Crippen molar-refractivity contribution in [2.75, 3.05) is 34.4 Å². The van der Waals surface area contributed by atoms with Gasteiger partial charge in [0.1, 0.15) is 0 Å². The van der Waals surface area contributed by atoms with Crippen LogP contribution in [0.5, 0.6) is 23.0 Å². The summed E-state index contributed by atoms with van der Waals surface area (Å²) in [5, 5.41) is 5.18. The molecule has 0 saturated carbocycles. The molecule has 0 aromatic heterocycles. The highest BCUT2D eigenvalue weighted by Gasteiger charge is 2.14. The molecule has 2 aromatic rings. The molecule has 0 bridgehead atoms. The van der Waals surface area contributed by atoms with Crippen LogP contribution in [-0.4, -0.2) is 52.8 Å². The third kappa shape index (κ3) is 7.02. The normalized spacial score (nSPS) is 10.4. The van der Waals surface area contributed by atoms with Gasteiger partial charge in [-0.2, -0.15) is 8.78 Å². The number of ether oxygens (including phenoxy) is 4. The second-order valence-corrected chi connectivity index (χ2v) is 6.20. The molecule has 0 aliphatic rings. The van der Waals surface area contributed by atoms with Crippen LogP contribution in [0.15, 0.2) is 36.4 Å². The van der Waals surface area contributed by atoms with Crippen molar-refractivity contribution in [3.05, 3.63) is 47.5 Å². The van der Waals surface area contributed by atoms with Gasteiger partial charge in [0, 0.05) is 19.2 Å². The molecule has 0 unspecified atom stereocenters. The molecule has 0 saturated heterocycles. The topological polar surface area (TPSA) is 95.1 Å². The first kappa shape index (κ1) is 23.7. The van der Waals surface area contributed by atoms with Gasteiger partial charge in [-0.25, -0.2) is 0 Å². The standard InChI is InChI=1S/C21H24F2N2O6/c1-24-19(26)12-30-16-7-5-14(11-17(16)29-3)20(27)25-9-8-13-4-6-15(28-2)18(10-13)31-21(22)23/h4-7,10-11,21H,8-9,12H2,1-3H3,(H,24,26)(H,25,27). The van der Waals surface area contributed by atoms with Crippen LogP contribution < -0.4 is 29.6 Å². The minimum atomic E-state index is -2.97. The summed E-state index contributed by atoms with van der Waals surface area (Å²) in [7, 11) is 4.28. The molecule has 8 nitrogen and oxygen atoms in total. The Kier molecular flexibility index (Phi) is 8.86. The third-order valence-electron chi connectivity index (χ3n) is 4.21. The summed E-state index contributed by atoms with van der Waals surface area (Å²) < 4.78 is 45.1. The minimum Gasteiger partial charge on any atom is -0.493 e. The van der Waals surface area contributed by atoms with Gasteiger partial charge in [-0.1, -0.05) is 6.07 Å². The lowest BCUT2D eigenvalue weighted by atomic mass is 10.1. The first-order valence-electron chi connectivity index (χ1n) is 9.29. The Bertz CT molecular complexity index is 907. The van der Waals surface area contributed by atoms with E-state index in [1.807, 2.05) is 0 Å². The summed E-state index contributed by atoms with van der Waals surface area (Å²) in [5.74, 6) is 0.100. The Morgan fingerprint density at radius 2 is 1.68 bits per heavy atom. The molecule has 2 amide bonds. The van der Waals surface area contributed by atoms with Crippen molar-refractivity contribution in [3.63, 3.8) is 0 Å². The molecule has 0 fully saturated rings. The number of carbonyl (C=O) groups is 2. The quantitative estimate of drug-likeness (QED) is 0.560. The van der Waals surface area contributed by atoms with Crippen molar-refractivity contribution in [2.24, 2.45) is 0 Å². The van der Waals surface area contributed by atoms with Crippen molar-refractivity contribution < 1.29 is 37.3 Å². The zero-order chi connectivity index (χ0) is 22.8. The number of benzene rings is 2. The molecule has 0 heterocycles. The fourth-order valence-electron chi connectivity index (χ4n) is 2.63. The molecule has 0 atom stereocenters. The Morgan fingerprint density at radius 1 is 0.968 bits per heavy atom. The summed E-state index contributed by atoms with van der Waals surface area (Å²) in [6.07, 6.45) is 0.389. The molecule has 168 valence electrons. The zero-order valence-electron chi connectivity index (χ0n) is 17.4. The summed E-state index contributed by atoms with van der Waals surface area (Å²) in [6.45, 7) is -2.89. The number of hydrogen-bond acceptors (Lipinski definition) is 6. The van der Waals surface area contributed by atoms with Crippen molar-refractivity contribution in [1.82, 2.24) is 10.6 Å². The molecule has 31 heavy (non-hydrogen) atoms. The number of rotatable bonds is 11. The monoisotopic (exact) mass is 438 g/mol. The molecule has 2 aromatic carbocycles. The van der Waals surface area contributed by atoms with Crippen LogP contribution in [-0.2, 0) is 11.2 Å². The van der Waals surface area contributed by atoms with Crippen LogP contribution in [0.2, 0.25) is 0 Å². The summed E-state index contributed by atoms with van der Waals surface area (Å²) in [5.41, 5.74) is 1.02.